The second-order valence-electron chi connectivity index (χ2n) is 3.98. The van der Waals surface area contributed by atoms with Crippen LogP contribution in [0.2, 0.25) is 5.02 Å². The van der Waals surface area contributed by atoms with Gasteiger partial charge in [-0.25, -0.2) is 0 Å². The van der Waals surface area contributed by atoms with Crippen LogP contribution in [0.25, 0.3) is 0 Å². The molecule has 5 heteroatoms. The number of nitrogens with zero attached hydrogens (tertiary/aromatic N) is 1. The second-order valence-corrected chi connectivity index (χ2v) is 4.39. The van der Waals surface area contributed by atoms with Crippen LogP contribution in [0.5, 0.6) is 0 Å². The fraction of sp³-hybridized carbons (Fsp3) is 0.364. The molecule has 1 aliphatic heterocycles. The van der Waals surface area contributed by atoms with Crippen molar-refractivity contribution >= 4 is 28.9 Å². The Morgan fingerprint density at radius 3 is 2.88 bits per heavy atom. The first kappa shape index (κ1) is 11.2. The van der Waals surface area contributed by atoms with E-state index in [0.717, 1.165) is 0 Å². The monoisotopic (exact) mass is 239 g/mol. The lowest BCUT2D eigenvalue weighted by Gasteiger charge is -2.19. The number of nitrogen functional groups attached to an aromatic ring is 1. The average Bonchev–Trinajstić information content (AvgIpc) is 2.64. The normalized spacial score (nSPS) is 20.5. The van der Waals surface area contributed by atoms with E-state index in [0.29, 0.717) is 35.9 Å². The molecule has 0 aliphatic carbocycles. The van der Waals surface area contributed by atoms with Crippen molar-refractivity contribution in [3.8, 4) is 0 Å². The first-order valence-corrected chi connectivity index (χ1v) is 5.55. The number of hydrogen-bond donors (Lipinski definition) is 2. The number of anilines is 2. The fourth-order valence-corrected chi connectivity index (χ4v) is 2.10. The summed E-state index contributed by atoms with van der Waals surface area (Å²) in [6.45, 7) is 1.14. The van der Waals surface area contributed by atoms with Gasteiger partial charge in [0.2, 0.25) is 5.91 Å². The van der Waals surface area contributed by atoms with Crippen molar-refractivity contribution in [2.45, 2.75) is 6.42 Å². The highest BCUT2D eigenvalue weighted by atomic mass is 35.5. The van der Waals surface area contributed by atoms with E-state index in [1.807, 2.05) is 0 Å². The molecule has 1 aromatic carbocycles. The number of hydrogen-bond acceptors (Lipinski definition) is 3. The third-order valence-electron chi connectivity index (χ3n) is 2.86. The first-order chi connectivity index (χ1) is 7.63. The molecule has 2 rings (SSSR count). The van der Waals surface area contributed by atoms with Crippen molar-refractivity contribution in [1.29, 1.82) is 0 Å². The Bertz CT molecular complexity index is 422. The molecule has 86 valence electrons. The van der Waals surface area contributed by atoms with E-state index >= 15 is 0 Å². The maximum atomic E-state index is 11.8. The molecular formula is C11H14ClN3O. The van der Waals surface area contributed by atoms with Gasteiger partial charge in [0.1, 0.15) is 0 Å². The highest BCUT2D eigenvalue weighted by molar-refractivity contribution is 6.33. The van der Waals surface area contributed by atoms with Gasteiger partial charge in [-0.2, -0.15) is 0 Å². The maximum Gasteiger partial charge on any atom is 0.227 e. The van der Waals surface area contributed by atoms with Gasteiger partial charge >= 0.3 is 0 Å². The van der Waals surface area contributed by atoms with Crippen molar-refractivity contribution in [3.63, 3.8) is 0 Å². The van der Waals surface area contributed by atoms with Crippen LogP contribution < -0.4 is 16.4 Å². The topological polar surface area (TPSA) is 72.4 Å². The van der Waals surface area contributed by atoms with Crippen LogP contribution in [-0.2, 0) is 4.79 Å². The standard InChI is InChI=1S/C11H14ClN3O/c12-8-2-1-3-9(11(8)14)15-6-7(5-13)4-10(15)16/h1-3,7H,4-6,13-14H2. The Labute approximate surface area is 99.2 Å². The second kappa shape index (κ2) is 4.31. The number of carbonyl (C=O) groups excluding carboxylic acids is 1. The van der Waals surface area contributed by atoms with Gasteiger partial charge in [0.05, 0.1) is 16.4 Å². The van der Waals surface area contributed by atoms with Gasteiger partial charge in [0, 0.05) is 13.0 Å². The van der Waals surface area contributed by atoms with Gasteiger partial charge in [-0.15, -0.1) is 0 Å². The molecule has 1 heterocycles. The fourth-order valence-electron chi connectivity index (χ4n) is 1.93. The van der Waals surface area contributed by atoms with Gasteiger partial charge < -0.3 is 16.4 Å². The van der Waals surface area contributed by atoms with Crippen molar-refractivity contribution < 1.29 is 4.79 Å². The van der Waals surface area contributed by atoms with Crippen molar-refractivity contribution in [1.82, 2.24) is 0 Å². The molecule has 0 bridgehead atoms. The van der Waals surface area contributed by atoms with Crippen LogP contribution in [-0.4, -0.2) is 19.0 Å². The van der Waals surface area contributed by atoms with Crippen LogP contribution >= 0.6 is 11.6 Å². The first-order valence-electron chi connectivity index (χ1n) is 5.18. The smallest absolute Gasteiger partial charge is 0.227 e. The minimum absolute atomic E-state index is 0.0596. The Balaban J connectivity index is 2.31. The molecule has 16 heavy (non-hydrogen) atoms. The summed E-state index contributed by atoms with van der Waals surface area (Å²) in [4.78, 5) is 13.4. The minimum Gasteiger partial charge on any atom is -0.396 e. The van der Waals surface area contributed by atoms with E-state index in [-0.39, 0.29) is 11.8 Å². The molecule has 1 saturated heterocycles. The SMILES string of the molecule is NCC1CC(=O)N(c2cccc(Cl)c2N)C1. The molecule has 4 nitrogen and oxygen atoms in total. The third kappa shape index (κ3) is 1.86. The van der Waals surface area contributed by atoms with Gasteiger partial charge in [-0.05, 0) is 24.6 Å². The molecule has 4 N–H and O–H groups in total. The molecule has 0 aromatic heterocycles. The largest absolute Gasteiger partial charge is 0.396 e. The van der Waals surface area contributed by atoms with Gasteiger partial charge in [-0.1, -0.05) is 17.7 Å². The van der Waals surface area contributed by atoms with E-state index in [9.17, 15) is 4.79 Å². The summed E-state index contributed by atoms with van der Waals surface area (Å²) in [5.74, 6) is 0.273. The zero-order chi connectivity index (χ0) is 11.7. The summed E-state index contributed by atoms with van der Waals surface area (Å²) < 4.78 is 0. The van der Waals surface area contributed by atoms with E-state index in [4.69, 9.17) is 23.1 Å². The Morgan fingerprint density at radius 2 is 2.25 bits per heavy atom. The van der Waals surface area contributed by atoms with E-state index < -0.39 is 0 Å². The van der Waals surface area contributed by atoms with Crippen molar-refractivity contribution in [3.05, 3.63) is 23.2 Å². The molecule has 1 fully saturated rings. The summed E-state index contributed by atoms with van der Waals surface area (Å²) in [7, 11) is 0. The summed E-state index contributed by atoms with van der Waals surface area (Å²) in [5.41, 5.74) is 12.6. The molecular weight excluding hydrogens is 226 g/mol. The number of rotatable bonds is 2. The van der Waals surface area contributed by atoms with Crippen LogP contribution in [0.4, 0.5) is 11.4 Å². The maximum absolute atomic E-state index is 11.8. The third-order valence-corrected chi connectivity index (χ3v) is 3.19. The molecule has 0 saturated carbocycles. The van der Waals surface area contributed by atoms with Crippen molar-refractivity contribution in [2.24, 2.45) is 11.7 Å². The van der Waals surface area contributed by atoms with Gasteiger partial charge in [0.15, 0.2) is 0 Å². The Hall–Kier alpha value is -1.26. The van der Waals surface area contributed by atoms with Gasteiger partial charge in [-0.3, -0.25) is 4.79 Å². The van der Waals surface area contributed by atoms with Crippen LogP contribution in [0, 0.1) is 5.92 Å². The molecule has 1 amide bonds. The zero-order valence-corrected chi connectivity index (χ0v) is 9.57. The van der Waals surface area contributed by atoms with E-state index in [2.05, 4.69) is 0 Å². The average molecular weight is 240 g/mol. The zero-order valence-electron chi connectivity index (χ0n) is 8.82. The number of halogens is 1. The summed E-state index contributed by atoms with van der Waals surface area (Å²) in [5, 5.41) is 0.474. The number of carbonyl (C=O) groups is 1. The highest BCUT2D eigenvalue weighted by Gasteiger charge is 2.30. The molecule has 1 aliphatic rings. The number of benzene rings is 1. The van der Waals surface area contributed by atoms with Crippen LogP contribution in [0.15, 0.2) is 18.2 Å². The predicted octanol–water partition coefficient (Wildman–Crippen LogP) is 1.23. The molecule has 1 aromatic rings. The molecule has 1 atom stereocenters. The highest BCUT2D eigenvalue weighted by Crippen LogP contribution is 2.33. The molecule has 1 unspecified atom stereocenters. The predicted molar refractivity (Wildman–Crippen MR) is 65.4 cm³/mol. The summed E-state index contributed by atoms with van der Waals surface area (Å²) in [6.07, 6.45) is 0.489. The summed E-state index contributed by atoms with van der Waals surface area (Å²) in [6, 6.07) is 5.30. The molecule has 0 radical (unpaired) electrons. The quantitative estimate of drug-likeness (QED) is 0.763. The number of para-hydroxylation sites is 1. The number of amides is 1. The Morgan fingerprint density at radius 1 is 1.50 bits per heavy atom. The molecule has 0 spiro atoms. The van der Waals surface area contributed by atoms with Crippen molar-refractivity contribution in [2.75, 3.05) is 23.7 Å². The lowest BCUT2D eigenvalue weighted by atomic mass is 10.1. The minimum atomic E-state index is 0.0596. The summed E-state index contributed by atoms with van der Waals surface area (Å²) >= 11 is 5.92. The van der Waals surface area contributed by atoms with Gasteiger partial charge in [0.25, 0.3) is 0 Å². The number of nitrogens with two attached hydrogens (primary N) is 2. The Kier molecular flexibility index (Phi) is 3.03. The lowest BCUT2D eigenvalue weighted by molar-refractivity contribution is -0.117. The van der Waals surface area contributed by atoms with Crippen LogP contribution in [0.1, 0.15) is 6.42 Å². The van der Waals surface area contributed by atoms with E-state index in [1.165, 1.54) is 0 Å². The van der Waals surface area contributed by atoms with E-state index in [1.54, 1.807) is 23.1 Å². The lowest BCUT2D eigenvalue weighted by Crippen LogP contribution is -2.26. The van der Waals surface area contributed by atoms with Crippen LogP contribution in [0.3, 0.4) is 0 Å².